The molecule has 3 rings (SSSR count). The fraction of sp³-hybridized carbons (Fsp3) is 0.125. The van der Waals surface area contributed by atoms with Gasteiger partial charge in [0.05, 0.1) is 7.11 Å². The molecule has 0 unspecified atom stereocenters. The molecule has 0 saturated heterocycles. The summed E-state index contributed by atoms with van der Waals surface area (Å²) >= 11 is 1.62. The van der Waals surface area contributed by atoms with Gasteiger partial charge in [-0.15, -0.1) is 11.3 Å². The largest absolute Gasteiger partial charge is 0.508 e. The quantitative estimate of drug-likeness (QED) is 0.781. The summed E-state index contributed by atoms with van der Waals surface area (Å²) in [7, 11) is 1.63. The van der Waals surface area contributed by atoms with E-state index >= 15 is 0 Å². The zero-order valence-electron chi connectivity index (χ0n) is 11.0. The highest BCUT2D eigenvalue weighted by atomic mass is 32.1. The molecule has 0 amide bonds. The topological polar surface area (TPSA) is 38.7 Å². The first-order chi connectivity index (χ1) is 9.76. The highest BCUT2D eigenvalue weighted by molar-refractivity contribution is 7.19. The van der Waals surface area contributed by atoms with Crippen molar-refractivity contribution < 1.29 is 14.6 Å². The lowest BCUT2D eigenvalue weighted by Gasteiger charge is -2.08. The molecule has 1 aromatic heterocycles. The van der Waals surface area contributed by atoms with Crippen LogP contribution in [0, 0.1) is 0 Å². The normalized spacial score (nSPS) is 10.7. The van der Waals surface area contributed by atoms with Crippen LogP contribution >= 0.6 is 11.3 Å². The molecule has 0 saturated carbocycles. The summed E-state index contributed by atoms with van der Waals surface area (Å²) in [6, 6.07) is 15.0. The van der Waals surface area contributed by atoms with Gasteiger partial charge in [-0.25, -0.2) is 0 Å². The van der Waals surface area contributed by atoms with E-state index in [1.54, 1.807) is 30.6 Å². The van der Waals surface area contributed by atoms with Crippen LogP contribution in [0.15, 0.2) is 48.5 Å². The van der Waals surface area contributed by atoms with Crippen LogP contribution in [0.5, 0.6) is 17.2 Å². The van der Waals surface area contributed by atoms with E-state index < -0.39 is 0 Å². The Labute approximate surface area is 121 Å². The Kier molecular flexibility index (Phi) is 3.48. The van der Waals surface area contributed by atoms with Gasteiger partial charge in [-0.05, 0) is 41.8 Å². The van der Waals surface area contributed by atoms with E-state index in [-0.39, 0.29) is 5.75 Å². The summed E-state index contributed by atoms with van der Waals surface area (Å²) in [5.74, 6) is 1.75. The fourth-order valence-electron chi connectivity index (χ4n) is 2.03. The van der Waals surface area contributed by atoms with Crippen LogP contribution < -0.4 is 9.47 Å². The van der Waals surface area contributed by atoms with Crippen molar-refractivity contribution in [2.24, 2.45) is 0 Å². The second-order valence-electron chi connectivity index (χ2n) is 4.37. The molecule has 0 fully saturated rings. The maximum atomic E-state index is 9.47. The number of hydrogen-bond acceptors (Lipinski definition) is 4. The second kappa shape index (κ2) is 5.43. The van der Waals surface area contributed by atoms with Gasteiger partial charge in [0.15, 0.2) is 11.5 Å². The number of phenols is 1. The molecule has 0 aliphatic rings. The van der Waals surface area contributed by atoms with Crippen molar-refractivity contribution in [3.05, 3.63) is 53.4 Å². The first kappa shape index (κ1) is 12.8. The fourth-order valence-corrected chi connectivity index (χ4v) is 3.04. The summed E-state index contributed by atoms with van der Waals surface area (Å²) in [6.07, 6.45) is 0. The Morgan fingerprint density at radius 2 is 1.85 bits per heavy atom. The van der Waals surface area contributed by atoms with Crippen molar-refractivity contribution in [2.75, 3.05) is 7.11 Å². The summed E-state index contributed by atoms with van der Waals surface area (Å²) in [6.45, 7) is 0.487. The maximum absolute atomic E-state index is 9.47. The zero-order valence-corrected chi connectivity index (χ0v) is 11.8. The Bertz CT molecular complexity index is 733. The number of hydrogen-bond donors (Lipinski definition) is 1. The van der Waals surface area contributed by atoms with Crippen molar-refractivity contribution in [1.29, 1.82) is 0 Å². The molecule has 1 N–H and O–H groups in total. The Balaban J connectivity index is 1.79. The Hall–Kier alpha value is -2.20. The van der Waals surface area contributed by atoms with Gasteiger partial charge >= 0.3 is 0 Å². The average Bonchev–Trinajstić information content (AvgIpc) is 2.87. The number of para-hydroxylation sites is 2. The summed E-state index contributed by atoms with van der Waals surface area (Å²) in [5, 5.41) is 10.6. The lowest BCUT2D eigenvalue weighted by atomic mass is 10.2. The molecule has 0 bridgehead atoms. The van der Waals surface area contributed by atoms with Crippen LogP contribution in [0.4, 0.5) is 0 Å². The number of methoxy groups -OCH3 is 1. The second-order valence-corrected chi connectivity index (χ2v) is 5.54. The first-order valence-corrected chi connectivity index (χ1v) is 7.05. The van der Waals surface area contributed by atoms with Crippen molar-refractivity contribution in [2.45, 2.75) is 6.61 Å². The molecule has 3 nitrogen and oxygen atoms in total. The van der Waals surface area contributed by atoms with Gasteiger partial charge < -0.3 is 14.6 Å². The van der Waals surface area contributed by atoms with E-state index in [1.807, 2.05) is 30.3 Å². The molecule has 1 heterocycles. The molecule has 4 heteroatoms. The van der Waals surface area contributed by atoms with Crippen LogP contribution in [-0.2, 0) is 6.61 Å². The molecule has 0 radical (unpaired) electrons. The van der Waals surface area contributed by atoms with Crippen LogP contribution in [0.1, 0.15) is 4.88 Å². The van der Waals surface area contributed by atoms with Gasteiger partial charge in [0, 0.05) is 9.58 Å². The molecular formula is C16H14O3S. The smallest absolute Gasteiger partial charge is 0.161 e. The number of benzene rings is 2. The predicted molar refractivity (Wildman–Crippen MR) is 80.8 cm³/mol. The van der Waals surface area contributed by atoms with E-state index in [1.165, 1.54) is 0 Å². The summed E-state index contributed by atoms with van der Waals surface area (Å²) in [5.41, 5.74) is 0. The van der Waals surface area contributed by atoms with Gasteiger partial charge in [-0.1, -0.05) is 12.1 Å². The first-order valence-electron chi connectivity index (χ1n) is 6.23. The van der Waals surface area contributed by atoms with Crippen LogP contribution in [-0.4, -0.2) is 12.2 Å². The van der Waals surface area contributed by atoms with Crippen LogP contribution in [0.25, 0.3) is 10.1 Å². The Morgan fingerprint density at radius 1 is 1.05 bits per heavy atom. The average molecular weight is 286 g/mol. The lowest BCUT2D eigenvalue weighted by molar-refractivity contribution is 0.287. The maximum Gasteiger partial charge on any atom is 0.161 e. The van der Waals surface area contributed by atoms with Crippen molar-refractivity contribution >= 4 is 21.4 Å². The predicted octanol–water partition coefficient (Wildman–Crippen LogP) is 4.19. The van der Waals surface area contributed by atoms with Crippen LogP contribution in [0.2, 0.25) is 0 Å². The molecule has 3 aromatic rings. The minimum atomic E-state index is 0.288. The van der Waals surface area contributed by atoms with E-state index in [4.69, 9.17) is 9.47 Å². The molecule has 0 aliphatic heterocycles. The molecule has 2 aromatic carbocycles. The standard InChI is InChI=1S/C16H14O3S/c1-18-14-4-2-3-5-15(14)19-10-13-8-11-6-7-12(17)9-16(11)20-13/h2-9,17H,10H2,1H3. The van der Waals surface area contributed by atoms with Gasteiger partial charge in [-0.3, -0.25) is 0 Å². The molecule has 102 valence electrons. The number of fused-ring (bicyclic) bond motifs is 1. The van der Waals surface area contributed by atoms with E-state index in [0.717, 1.165) is 26.5 Å². The van der Waals surface area contributed by atoms with Gasteiger partial charge in [0.2, 0.25) is 0 Å². The van der Waals surface area contributed by atoms with E-state index in [9.17, 15) is 5.11 Å². The highest BCUT2D eigenvalue weighted by Gasteiger charge is 2.06. The molecule has 0 aliphatic carbocycles. The van der Waals surface area contributed by atoms with Gasteiger partial charge in [0.25, 0.3) is 0 Å². The molecule has 20 heavy (non-hydrogen) atoms. The minimum absolute atomic E-state index is 0.288. The third-order valence-electron chi connectivity index (χ3n) is 2.99. The third kappa shape index (κ3) is 2.56. The monoisotopic (exact) mass is 286 g/mol. The number of thiophene rings is 1. The summed E-state index contributed by atoms with van der Waals surface area (Å²) in [4.78, 5) is 1.11. The molecule has 0 atom stereocenters. The van der Waals surface area contributed by atoms with Crippen LogP contribution in [0.3, 0.4) is 0 Å². The SMILES string of the molecule is COc1ccccc1OCc1cc2ccc(O)cc2s1. The number of phenolic OH excluding ortho intramolecular Hbond substituents is 1. The van der Waals surface area contributed by atoms with E-state index in [2.05, 4.69) is 6.07 Å². The van der Waals surface area contributed by atoms with Gasteiger partial charge in [-0.2, -0.15) is 0 Å². The number of aromatic hydroxyl groups is 1. The number of ether oxygens (including phenoxy) is 2. The Morgan fingerprint density at radius 3 is 2.65 bits per heavy atom. The number of rotatable bonds is 4. The van der Waals surface area contributed by atoms with Crippen molar-refractivity contribution in [1.82, 2.24) is 0 Å². The van der Waals surface area contributed by atoms with E-state index in [0.29, 0.717) is 6.61 Å². The third-order valence-corrected chi connectivity index (χ3v) is 4.07. The molecule has 0 spiro atoms. The van der Waals surface area contributed by atoms with Gasteiger partial charge in [0.1, 0.15) is 12.4 Å². The lowest BCUT2D eigenvalue weighted by Crippen LogP contribution is -1.95. The van der Waals surface area contributed by atoms with Crippen molar-refractivity contribution in [3.63, 3.8) is 0 Å². The summed E-state index contributed by atoms with van der Waals surface area (Å²) < 4.78 is 12.1. The molecular weight excluding hydrogens is 272 g/mol. The minimum Gasteiger partial charge on any atom is -0.508 e. The zero-order chi connectivity index (χ0) is 13.9. The van der Waals surface area contributed by atoms with Crippen molar-refractivity contribution in [3.8, 4) is 17.2 Å². The highest BCUT2D eigenvalue weighted by Crippen LogP contribution is 2.31.